The maximum absolute atomic E-state index is 12.8. The van der Waals surface area contributed by atoms with Gasteiger partial charge in [-0.25, -0.2) is 0 Å². The van der Waals surface area contributed by atoms with E-state index < -0.39 is 6.10 Å². The van der Waals surface area contributed by atoms with Crippen LogP contribution in [0, 0.1) is 0 Å². The minimum atomic E-state index is -0.794. The van der Waals surface area contributed by atoms with Crippen molar-refractivity contribution in [1.29, 1.82) is 0 Å². The van der Waals surface area contributed by atoms with Gasteiger partial charge in [-0.2, -0.15) is 0 Å². The molecule has 0 aliphatic heterocycles. The molecule has 6 nitrogen and oxygen atoms in total. The summed E-state index contributed by atoms with van der Waals surface area (Å²) in [5.41, 5.74) is 0. The van der Waals surface area contributed by atoms with E-state index in [0.29, 0.717) is 19.3 Å². The van der Waals surface area contributed by atoms with Crippen molar-refractivity contribution >= 4 is 17.9 Å². The predicted octanol–water partition coefficient (Wildman–Crippen LogP) is 20.8. The number of hydrogen-bond donors (Lipinski definition) is 0. The molecule has 0 aromatic rings. The number of rotatable bonds is 54. The Morgan fingerprint density at radius 3 is 0.824 bits per heavy atom. The zero-order valence-electron chi connectivity index (χ0n) is 48.1. The van der Waals surface area contributed by atoms with Gasteiger partial charge in [0.2, 0.25) is 0 Å². The van der Waals surface area contributed by atoms with E-state index in [-0.39, 0.29) is 31.1 Å². The van der Waals surface area contributed by atoms with Crippen molar-refractivity contribution in [3.8, 4) is 0 Å². The maximum Gasteiger partial charge on any atom is 0.306 e. The molecule has 0 aliphatic carbocycles. The number of unbranched alkanes of at least 4 members (excludes halogenated alkanes) is 23. The third kappa shape index (κ3) is 58.7. The van der Waals surface area contributed by atoms with Gasteiger partial charge in [0.1, 0.15) is 13.2 Å². The molecule has 1 unspecified atom stereocenters. The minimum Gasteiger partial charge on any atom is -0.462 e. The first-order valence-electron chi connectivity index (χ1n) is 30.5. The first-order chi connectivity index (χ1) is 36.5. The van der Waals surface area contributed by atoms with Crippen molar-refractivity contribution in [2.45, 2.75) is 277 Å². The molecule has 0 saturated heterocycles. The van der Waals surface area contributed by atoms with Gasteiger partial charge in [0.25, 0.3) is 0 Å². The van der Waals surface area contributed by atoms with Gasteiger partial charge in [-0.15, -0.1) is 0 Å². The van der Waals surface area contributed by atoms with Gasteiger partial charge < -0.3 is 14.2 Å². The van der Waals surface area contributed by atoms with E-state index in [2.05, 4.69) is 142 Å². The Hall–Kier alpha value is -4.19. The summed E-state index contributed by atoms with van der Waals surface area (Å²) in [7, 11) is 0. The maximum atomic E-state index is 12.8. The molecule has 0 heterocycles. The van der Waals surface area contributed by atoms with Crippen LogP contribution in [0.5, 0.6) is 0 Å². The van der Waals surface area contributed by atoms with Gasteiger partial charge in [0, 0.05) is 19.3 Å². The monoisotopic (exact) mass is 1020 g/mol. The second-order valence-electron chi connectivity index (χ2n) is 19.9. The van der Waals surface area contributed by atoms with Crippen LogP contribution in [0.1, 0.15) is 271 Å². The SMILES string of the molecule is CC/C=C\C/C=C\C/C=C\C/C=C\C/C=C\C/C=C\C/C=C\C/C=C\C/C=C\C/C=C\CCCCC(=O)OCC(COC(=O)CCCCCCCCCCCC)OC(=O)CCCCCCCCCCCCCCC. The molecular formula is C68H112O6. The van der Waals surface area contributed by atoms with Crippen LogP contribution < -0.4 is 0 Å². The van der Waals surface area contributed by atoms with E-state index in [1.165, 1.54) is 109 Å². The Labute approximate surface area is 456 Å². The molecular weight excluding hydrogens is 913 g/mol. The van der Waals surface area contributed by atoms with Gasteiger partial charge in [-0.3, -0.25) is 14.4 Å². The molecule has 0 fully saturated rings. The largest absolute Gasteiger partial charge is 0.462 e. The second-order valence-corrected chi connectivity index (χ2v) is 19.9. The fourth-order valence-corrected chi connectivity index (χ4v) is 8.18. The molecule has 0 aromatic carbocycles. The highest BCUT2D eigenvalue weighted by atomic mass is 16.6. The highest BCUT2D eigenvalue weighted by Gasteiger charge is 2.19. The summed E-state index contributed by atoms with van der Waals surface area (Å²) < 4.78 is 16.8. The van der Waals surface area contributed by atoms with Crippen molar-refractivity contribution < 1.29 is 28.6 Å². The number of carbonyl (C=O) groups excluding carboxylic acids is 3. The third-order valence-electron chi connectivity index (χ3n) is 12.7. The molecule has 0 amide bonds. The van der Waals surface area contributed by atoms with Crippen LogP contribution in [0.2, 0.25) is 0 Å². The highest BCUT2D eigenvalue weighted by Crippen LogP contribution is 2.15. The summed E-state index contributed by atoms with van der Waals surface area (Å²) in [4.78, 5) is 38.0. The van der Waals surface area contributed by atoms with Crippen LogP contribution in [-0.2, 0) is 28.6 Å². The van der Waals surface area contributed by atoms with E-state index in [9.17, 15) is 14.4 Å². The summed E-state index contributed by atoms with van der Waals surface area (Å²) in [5.74, 6) is -0.935. The highest BCUT2D eigenvalue weighted by molar-refractivity contribution is 5.71. The molecule has 0 aliphatic rings. The summed E-state index contributed by atoms with van der Waals surface area (Å²) in [5, 5.41) is 0. The lowest BCUT2D eigenvalue weighted by Crippen LogP contribution is -2.30. The van der Waals surface area contributed by atoms with E-state index in [4.69, 9.17) is 14.2 Å². The number of allylic oxidation sites excluding steroid dienone is 20. The van der Waals surface area contributed by atoms with Crippen LogP contribution in [0.25, 0.3) is 0 Å². The minimum absolute atomic E-state index is 0.0899. The summed E-state index contributed by atoms with van der Waals surface area (Å²) in [6, 6.07) is 0. The Bertz CT molecular complexity index is 1550. The number of carbonyl (C=O) groups is 3. The quantitative estimate of drug-likeness (QED) is 0.0261. The van der Waals surface area contributed by atoms with Gasteiger partial charge in [-0.05, 0) is 96.3 Å². The van der Waals surface area contributed by atoms with E-state index >= 15 is 0 Å². The smallest absolute Gasteiger partial charge is 0.306 e. The summed E-state index contributed by atoms with van der Waals surface area (Å²) >= 11 is 0. The second kappa shape index (κ2) is 61.4. The molecule has 74 heavy (non-hydrogen) atoms. The van der Waals surface area contributed by atoms with Crippen LogP contribution >= 0.6 is 0 Å². The van der Waals surface area contributed by atoms with Crippen LogP contribution in [0.15, 0.2) is 122 Å². The molecule has 0 spiro atoms. The molecule has 0 N–H and O–H groups in total. The molecule has 0 rings (SSSR count). The number of ether oxygens (including phenoxy) is 3. The third-order valence-corrected chi connectivity index (χ3v) is 12.7. The Morgan fingerprint density at radius 1 is 0.284 bits per heavy atom. The average molecular weight is 1030 g/mol. The van der Waals surface area contributed by atoms with Crippen molar-refractivity contribution in [2.75, 3.05) is 13.2 Å². The Morgan fingerprint density at radius 2 is 0.527 bits per heavy atom. The van der Waals surface area contributed by atoms with Gasteiger partial charge >= 0.3 is 17.9 Å². The van der Waals surface area contributed by atoms with Crippen molar-refractivity contribution in [3.63, 3.8) is 0 Å². The van der Waals surface area contributed by atoms with Crippen molar-refractivity contribution in [2.24, 2.45) is 0 Å². The standard InChI is InChI=1S/C68H112O6/c1-4-7-10-13-16-19-22-24-25-26-27-28-29-30-31-32-33-34-35-36-37-38-39-40-41-42-43-45-46-49-52-55-58-61-67(70)73-64-65(63-72-66(69)60-57-54-51-48-21-18-15-12-9-6-3)74-68(71)62-59-56-53-50-47-44-23-20-17-14-11-8-5-2/h7,10,16,19,24-25,27-28,30-31,33-34,36-37,39-40,42-43,46,49,65H,4-6,8-9,11-15,17-18,20-23,26,29,32,35,38,41,44-45,47-48,50-64H2,1-3H3/b10-7-,19-16-,25-24-,28-27-,31-30-,34-33-,37-36-,40-39-,43-42-,49-46-. The van der Waals surface area contributed by atoms with Crippen LogP contribution in [0.4, 0.5) is 0 Å². The topological polar surface area (TPSA) is 78.9 Å². The molecule has 0 radical (unpaired) electrons. The molecule has 0 saturated carbocycles. The summed E-state index contributed by atoms with van der Waals surface area (Å²) in [6.45, 7) is 6.48. The van der Waals surface area contributed by atoms with Crippen LogP contribution in [-0.4, -0.2) is 37.2 Å². The van der Waals surface area contributed by atoms with Gasteiger partial charge in [0.05, 0.1) is 0 Å². The Balaban J connectivity index is 4.29. The number of esters is 3. The van der Waals surface area contributed by atoms with Crippen molar-refractivity contribution in [3.05, 3.63) is 122 Å². The first-order valence-corrected chi connectivity index (χ1v) is 30.5. The summed E-state index contributed by atoms with van der Waals surface area (Å²) in [6.07, 6.45) is 84.9. The fourth-order valence-electron chi connectivity index (χ4n) is 8.18. The molecule has 0 bridgehead atoms. The van der Waals surface area contributed by atoms with Crippen molar-refractivity contribution in [1.82, 2.24) is 0 Å². The Kier molecular flexibility index (Phi) is 57.9. The van der Waals surface area contributed by atoms with E-state index in [1.807, 2.05) is 0 Å². The molecule has 0 aromatic heterocycles. The molecule has 1 atom stereocenters. The van der Waals surface area contributed by atoms with E-state index in [1.54, 1.807) is 0 Å². The lowest BCUT2D eigenvalue weighted by Gasteiger charge is -2.18. The first kappa shape index (κ1) is 69.8. The van der Waals surface area contributed by atoms with E-state index in [0.717, 1.165) is 122 Å². The fraction of sp³-hybridized carbons (Fsp3) is 0.662. The zero-order chi connectivity index (χ0) is 53.6. The van der Waals surface area contributed by atoms with Gasteiger partial charge in [-0.1, -0.05) is 277 Å². The normalized spacial score (nSPS) is 13.0. The average Bonchev–Trinajstić information content (AvgIpc) is 3.40. The van der Waals surface area contributed by atoms with Gasteiger partial charge in [0.15, 0.2) is 6.10 Å². The molecule has 6 heteroatoms. The lowest BCUT2D eigenvalue weighted by atomic mass is 10.0. The predicted molar refractivity (Wildman–Crippen MR) is 320 cm³/mol. The zero-order valence-corrected chi connectivity index (χ0v) is 48.1. The lowest BCUT2D eigenvalue weighted by molar-refractivity contribution is -0.167. The number of hydrogen-bond acceptors (Lipinski definition) is 6. The molecule has 420 valence electrons. The van der Waals surface area contributed by atoms with Crippen LogP contribution in [0.3, 0.4) is 0 Å².